The lowest BCUT2D eigenvalue weighted by Gasteiger charge is -2.05. The molecule has 1 rings (SSSR count). The topological polar surface area (TPSA) is 20.2 Å². The fourth-order valence-corrected chi connectivity index (χ4v) is 1.37. The fraction of sp³-hybridized carbons (Fsp3) is 0.222. The molecular formula is C9H9Cl2O. The Morgan fingerprint density at radius 1 is 1.42 bits per heavy atom. The third-order valence-corrected chi connectivity index (χ3v) is 1.95. The minimum Gasteiger partial charge on any atom is -0.393 e. The first-order valence-electron chi connectivity index (χ1n) is 3.57. The van der Waals surface area contributed by atoms with Gasteiger partial charge in [-0.1, -0.05) is 29.3 Å². The lowest BCUT2D eigenvalue weighted by molar-refractivity contribution is 0.231. The monoisotopic (exact) mass is 203 g/mol. The Morgan fingerprint density at radius 3 is 2.58 bits per heavy atom. The van der Waals surface area contributed by atoms with Crippen molar-refractivity contribution in [3.8, 4) is 0 Å². The van der Waals surface area contributed by atoms with Crippen LogP contribution in [0.5, 0.6) is 0 Å². The molecule has 0 aliphatic carbocycles. The minimum absolute atomic E-state index is 0.497. The van der Waals surface area contributed by atoms with Gasteiger partial charge in [0.25, 0.3) is 0 Å². The fourth-order valence-electron chi connectivity index (χ4n) is 0.897. The first kappa shape index (κ1) is 9.85. The van der Waals surface area contributed by atoms with Crippen LogP contribution in [0.4, 0.5) is 0 Å². The summed E-state index contributed by atoms with van der Waals surface area (Å²) in [4.78, 5) is 0. The van der Waals surface area contributed by atoms with Crippen molar-refractivity contribution in [1.82, 2.24) is 0 Å². The highest BCUT2D eigenvalue weighted by atomic mass is 35.5. The van der Waals surface area contributed by atoms with E-state index in [9.17, 15) is 0 Å². The molecule has 1 radical (unpaired) electrons. The molecule has 0 saturated heterocycles. The summed E-state index contributed by atoms with van der Waals surface area (Å²) in [5, 5.41) is 10.2. The maximum atomic E-state index is 9.05. The molecule has 0 fully saturated rings. The summed E-state index contributed by atoms with van der Waals surface area (Å²) in [7, 11) is 0. The van der Waals surface area contributed by atoms with Crippen molar-refractivity contribution in [3.63, 3.8) is 0 Å². The molecule has 0 bridgehead atoms. The largest absolute Gasteiger partial charge is 0.393 e. The lowest BCUT2D eigenvalue weighted by atomic mass is 10.1. The van der Waals surface area contributed by atoms with Gasteiger partial charge in [0.1, 0.15) is 0 Å². The number of hydrogen-bond donors (Lipinski definition) is 1. The molecule has 1 aromatic carbocycles. The van der Waals surface area contributed by atoms with Crippen molar-refractivity contribution < 1.29 is 5.11 Å². The summed E-state index contributed by atoms with van der Waals surface area (Å²) >= 11 is 11.5. The molecule has 12 heavy (non-hydrogen) atoms. The molecule has 0 heterocycles. The Balaban J connectivity index is 2.86. The van der Waals surface area contributed by atoms with Crippen molar-refractivity contribution in [1.29, 1.82) is 0 Å². The Kier molecular flexibility index (Phi) is 3.39. The van der Waals surface area contributed by atoms with Gasteiger partial charge in [-0.15, -0.1) is 0 Å². The van der Waals surface area contributed by atoms with E-state index >= 15 is 0 Å². The number of hydrogen-bond acceptors (Lipinski definition) is 1. The molecule has 0 saturated carbocycles. The van der Waals surface area contributed by atoms with Crippen molar-refractivity contribution in [2.75, 3.05) is 0 Å². The molecule has 0 amide bonds. The van der Waals surface area contributed by atoms with E-state index in [2.05, 4.69) is 0 Å². The predicted molar refractivity (Wildman–Crippen MR) is 51.5 cm³/mol. The second kappa shape index (κ2) is 4.13. The normalized spacial score (nSPS) is 13.0. The Hall–Kier alpha value is -0.240. The summed E-state index contributed by atoms with van der Waals surface area (Å²) < 4.78 is 0. The number of rotatable bonds is 2. The Morgan fingerprint density at radius 2 is 2.08 bits per heavy atom. The third-order valence-electron chi connectivity index (χ3n) is 1.38. The van der Waals surface area contributed by atoms with E-state index in [1.807, 2.05) is 0 Å². The van der Waals surface area contributed by atoms with E-state index in [0.29, 0.717) is 10.0 Å². The minimum atomic E-state index is -0.497. The van der Waals surface area contributed by atoms with E-state index in [1.54, 1.807) is 31.5 Å². The Labute approximate surface area is 81.9 Å². The van der Waals surface area contributed by atoms with Crippen LogP contribution in [0.25, 0.3) is 0 Å². The standard InChI is InChI=1S/C9H9Cl2O/c1-6(12)4-7-2-3-8(10)5-9(7)11/h2-6,12H,1H3. The van der Waals surface area contributed by atoms with Crippen LogP contribution in [0.15, 0.2) is 18.2 Å². The molecule has 3 heteroatoms. The molecule has 1 aromatic rings. The number of aliphatic hydroxyl groups is 1. The van der Waals surface area contributed by atoms with Gasteiger partial charge in [0.15, 0.2) is 0 Å². The molecular weight excluding hydrogens is 195 g/mol. The highest BCUT2D eigenvalue weighted by molar-refractivity contribution is 6.35. The van der Waals surface area contributed by atoms with Crippen LogP contribution in [0, 0.1) is 6.42 Å². The molecule has 0 spiro atoms. The zero-order valence-corrected chi connectivity index (χ0v) is 8.10. The maximum absolute atomic E-state index is 9.05. The number of benzene rings is 1. The van der Waals surface area contributed by atoms with Gasteiger partial charge in [0, 0.05) is 16.5 Å². The van der Waals surface area contributed by atoms with Crippen LogP contribution in [-0.4, -0.2) is 11.2 Å². The predicted octanol–water partition coefficient (Wildman–Crippen LogP) is 2.93. The molecule has 0 aliphatic rings. The van der Waals surface area contributed by atoms with E-state index in [1.165, 1.54) is 0 Å². The smallest absolute Gasteiger partial charge is 0.0588 e. The quantitative estimate of drug-likeness (QED) is 0.785. The van der Waals surface area contributed by atoms with Crippen molar-refractivity contribution in [2.24, 2.45) is 0 Å². The van der Waals surface area contributed by atoms with Gasteiger partial charge in [-0.05, 0) is 24.6 Å². The summed E-state index contributed by atoms with van der Waals surface area (Å²) in [6.07, 6.45) is 1.17. The van der Waals surface area contributed by atoms with Gasteiger partial charge in [0.2, 0.25) is 0 Å². The zero-order valence-electron chi connectivity index (χ0n) is 6.59. The lowest BCUT2D eigenvalue weighted by Crippen LogP contribution is -2.01. The van der Waals surface area contributed by atoms with Crippen LogP contribution in [0.1, 0.15) is 12.5 Å². The summed E-state index contributed by atoms with van der Waals surface area (Å²) in [6, 6.07) is 5.16. The average Bonchev–Trinajstić information content (AvgIpc) is 1.94. The molecule has 0 aromatic heterocycles. The van der Waals surface area contributed by atoms with E-state index in [-0.39, 0.29) is 0 Å². The third kappa shape index (κ3) is 2.67. The SMILES string of the molecule is CC(O)[CH]c1ccc(Cl)cc1Cl. The first-order valence-corrected chi connectivity index (χ1v) is 4.33. The van der Waals surface area contributed by atoms with Gasteiger partial charge in [-0.25, -0.2) is 0 Å². The first-order chi connectivity index (χ1) is 5.59. The van der Waals surface area contributed by atoms with Crippen LogP contribution in [0.3, 0.4) is 0 Å². The van der Waals surface area contributed by atoms with Crippen LogP contribution in [0.2, 0.25) is 10.0 Å². The van der Waals surface area contributed by atoms with Gasteiger partial charge in [-0.2, -0.15) is 0 Å². The van der Waals surface area contributed by atoms with Crippen LogP contribution < -0.4 is 0 Å². The van der Waals surface area contributed by atoms with Gasteiger partial charge < -0.3 is 5.11 Å². The van der Waals surface area contributed by atoms with Crippen molar-refractivity contribution >= 4 is 23.2 Å². The van der Waals surface area contributed by atoms with Crippen LogP contribution >= 0.6 is 23.2 Å². The van der Waals surface area contributed by atoms with E-state index in [4.69, 9.17) is 28.3 Å². The highest BCUT2D eigenvalue weighted by Gasteiger charge is 2.04. The average molecular weight is 204 g/mol. The highest BCUT2D eigenvalue weighted by Crippen LogP contribution is 2.22. The van der Waals surface area contributed by atoms with Gasteiger partial charge in [0.05, 0.1) is 6.10 Å². The summed E-state index contributed by atoms with van der Waals surface area (Å²) in [6.45, 7) is 1.67. The van der Waals surface area contributed by atoms with E-state index in [0.717, 1.165) is 5.56 Å². The molecule has 1 nitrogen and oxygen atoms in total. The maximum Gasteiger partial charge on any atom is 0.0588 e. The molecule has 1 unspecified atom stereocenters. The molecule has 1 atom stereocenters. The van der Waals surface area contributed by atoms with Gasteiger partial charge >= 0.3 is 0 Å². The second-order valence-corrected chi connectivity index (χ2v) is 3.42. The van der Waals surface area contributed by atoms with Crippen molar-refractivity contribution in [3.05, 3.63) is 40.2 Å². The molecule has 65 valence electrons. The number of halogens is 2. The zero-order chi connectivity index (χ0) is 9.14. The van der Waals surface area contributed by atoms with Crippen LogP contribution in [-0.2, 0) is 0 Å². The molecule has 0 aliphatic heterocycles. The summed E-state index contributed by atoms with van der Waals surface area (Å²) in [5.74, 6) is 0. The Bertz CT molecular complexity index is 271. The second-order valence-electron chi connectivity index (χ2n) is 2.57. The number of aliphatic hydroxyl groups excluding tert-OH is 1. The van der Waals surface area contributed by atoms with E-state index < -0.39 is 6.10 Å². The van der Waals surface area contributed by atoms with Crippen molar-refractivity contribution in [2.45, 2.75) is 13.0 Å². The summed E-state index contributed by atoms with van der Waals surface area (Å²) in [5.41, 5.74) is 0.802. The molecule has 1 N–H and O–H groups in total. The van der Waals surface area contributed by atoms with Gasteiger partial charge in [-0.3, -0.25) is 0 Å².